The zero-order valence-corrected chi connectivity index (χ0v) is 18.6. The van der Waals surface area contributed by atoms with Crippen molar-refractivity contribution < 1.29 is 13.2 Å². The summed E-state index contributed by atoms with van der Waals surface area (Å²) in [5.41, 5.74) is 0. The number of amides is 1. The maximum atomic E-state index is 12.0. The van der Waals surface area contributed by atoms with Crippen LogP contribution in [0.2, 0.25) is 0 Å². The summed E-state index contributed by atoms with van der Waals surface area (Å²) in [4.78, 5) is 21.3. The molecule has 29 heavy (non-hydrogen) atoms. The fraction of sp³-hybridized carbons (Fsp3) is 0.895. The Bertz CT molecular complexity index is 678. The van der Waals surface area contributed by atoms with Crippen LogP contribution in [0.15, 0.2) is 4.99 Å². The van der Waals surface area contributed by atoms with Crippen molar-refractivity contribution in [1.29, 1.82) is 0 Å². The second kappa shape index (κ2) is 10.1. The summed E-state index contributed by atoms with van der Waals surface area (Å²) in [5.74, 6) is 1.50. The van der Waals surface area contributed by atoms with Gasteiger partial charge in [0.05, 0.1) is 12.8 Å². The molecule has 0 spiro atoms. The SMILES string of the molecule is CCNC(=NCC1CCN(S(C)(=O)=O)CC1)N1CCN(CC(=O)NC2CC2)CC1. The van der Waals surface area contributed by atoms with Gasteiger partial charge in [0, 0.05) is 58.4 Å². The Labute approximate surface area is 174 Å². The highest BCUT2D eigenvalue weighted by Crippen LogP contribution is 2.20. The molecule has 0 bridgehead atoms. The summed E-state index contributed by atoms with van der Waals surface area (Å²) in [6.07, 6.45) is 5.24. The molecule has 10 heteroatoms. The van der Waals surface area contributed by atoms with Crippen LogP contribution in [0, 0.1) is 5.92 Å². The molecular formula is C19H36N6O3S. The summed E-state index contributed by atoms with van der Waals surface area (Å²) in [7, 11) is -3.08. The number of rotatable bonds is 7. The molecule has 1 aliphatic carbocycles. The first kappa shape index (κ1) is 22.3. The Hall–Kier alpha value is -1.39. The van der Waals surface area contributed by atoms with Gasteiger partial charge in [-0.15, -0.1) is 0 Å². The van der Waals surface area contributed by atoms with Crippen molar-refractivity contribution in [2.45, 2.75) is 38.6 Å². The molecule has 0 radical (unpaired) electrons. The molecule has 1 amide bonds. The maximum Gasteiger partial charge on any atom is 0.234 e. The van der Waals surface area contributed by atoms with E-state index in [-0.39, 0.29) is 5.91 Å². The lowest BCUT2D eigenvalue weighted by Gasteiger charge is -2.36. The summed E-state index contributed by atoms with van der Waals surface area (Å²) in [6.45, 7) is 8.71. The topological polar surface area (TPSA) is 97.3 Å². The lowest BCUT2D eigenvalue weighted by molar-refractivity contribution is -0.122. The molecule has 0 unspecified atom stereocenters. The first-order chi connectivity index (χ1) is 13.8. The van der Waals surface area contributed by atoms with E-state index >= 15 is 0 Å². The van der Waals surface area contributed by atoms with Gasteiger partial charge in [-0.05, 0) is 38.5 Å². The van der Waals surface area contributed by atoms with E-state index in [2.05, 4.69) is 27.4 Å². The van der Waals surface area contributed by atoms with Crippen LogP contribution in [0.5, 0.6) is 0 Å². The minimum absolute atomic E-state index is 0.141. The van der Waals surface area contributed by atoms with Gasteiger partial charge in [0.1, 0.15) is 0 Å². The number of piperidine rings is 1. The van der Waals surface area contributed by atoms with Crippen molar-refractivity contribution in [2.75, 3.05) is 65.2 Å². The van der Waals surface area contributed by atoms with Crippen molar-refractivity contribution >= 4 is 21.9 Å². The van der Waals surface area contributed by atoms with Crippen molar-refractivity contribution in [3.05, 3.63) is 0 Å². The van der Waals surface area contributed by atoms with Crippen LogP contribution >= 0.6 is 0 Å². The summed E-state index contributed by atoms with van der Waals surface area (Å²) in [6, 6.07) is 0.417. The van der Waals surface area contributed by atoms with Crippen LogP contribution in [0.4, 0.5) is 0 Å². The molecule has 0 aromatic carbocycles. The number of carbonyl (C=O) groups excluding carboxylic acids is 1. The van der Waals surface area contributed by atoms with Crippen LogP contribution in [0.1, 0.15) is 32.6 Å². The first-order valence-corrected chi connectivity index (χ1v) is 12.7. The Balaban J connectivity index is 1.44. The molecular weight excluding hydrogens is 392 g/mol. The molecule has 3 aliphatic rings. The van der Waals surface area contributed by atoms with Crippen molar-refractivity contribution in [3.8, 4) is 0 Å². The minimum Gasteiger partial charge on any atom is -0.357 e. The smallest absolute Gasteiger partial charge is 0.234 e. The Morgan fingerprint density at radius 2 is 1.69 bits per heavy atom. The number of guanidine groups is 1. The summed E-state index contributed by atoms with van der Waals surface area (Å²) in [5, 5.41) is 6.44. The fourth-order valence-electron chi connectivity index (χ4n) is 3.89. The summed E-state index contributed by atoms with van der Waals surface area (Å²) < 4.78 is 24.9. The third-order valence-corrected chi connectivity index (χ3v) is 7.16. The molecule has 2 aliphatic heterocycles. The third-order valence-electron chi connectivity index (χ3n) is 5.86. The molecule has 2 saturated heterocycles. The number of nitrogens with one attached hydrogen (secondary N) is 2. The van der Waals surface area contributed by atoms with Crippen LogP contribution in [0.3, 0.4) is 0 Å². The lowest BCUT2D eigenvalue weighted by atomic mass is 9.98. The van der Waals surface area contributed by atoms with E-state index in [4.69, 9.17) is 4.99 Å². The zero-order valence-electron chi connectivity index (χ0n) is 17.8. The fourth-order valence-corrected chi connectivity index (χ4v) is 4.76. The molecule has 3 fully saturated rings. The number of hydrogen-bond acceptors (Lipinski definition) is 5. The molecule has 0 aromatic rings. The van der Waals surface area contributed by atoms with Crippen LogP contribution in [-0.2, 0) is 14.8 Å². The van der Waals surface area contributed by atoms with E-state index in [1.807, 2.05) is 0 Å². The largest absolute Gasteiger partial charge is 0.357 e. The van der Waals surface area contributed by atoms with E-state index in [0.29, 0.717) is 31.6 Å². The maximum absolute atomic E-state index is 12.0. The normalized spacial score (nSPS) is 23.2. The number of hydrogen-bond donors (Lipinski definition) is 2. The molecule has 166 valence electrons. The van der Waals surface area contributed by atoms with Crippen LogP contribution < -0.4 is 10.6 Å². The zero-order chi connectivity index (χ0) is 20.9. The van der Waals surface area contributed by atoms with Crippen molar-refractivity contribution in [1.82, 2.24) is 24.7 Å². The van der Waals surface area contributed by atoms with E-state index in [1.165, 1.54) is 6.26 Å². The van der Waals surface area contributed by atoms with Gasteiger partial charge in [-0.25, -0.2) is 12.7 Å². The minimum atomic E-state index is -3.08. The second-order valence-corrected chi connectivity index (χ2v) is 10.4. The Kier molecular flexibility index (Phi) is 7.75. The van der Waals surface area contributed by atoms with Gasteiger partial charge >= 0.3 is 0 Å². The predicted molar refractivity (Wildman–Crippen MR) is 114 cm³/mol. The number of aliphatic imine (C=N–C) groups is 1. The molecule has 3 rings (SSSR count). The highest BCUT2D eigenvalue weighted by atomic mass is 32.2. The number of carbonyl (C=O) groups is 1. The standard InChI is InChI=1S/C19H36N6O3S/c1-3-20-19(21-14-16-6-8-25(9-7-16)29(2,27)28)24-12-10-23(11-13-24)15-18(26)22-17-4-5-17/h16-17H,3-15H2,1-2H3,(H,20,21)(H,22,26). The van der Waals surface area contributed by atoms with Crippen molar-refractivity contribution in [2.24, 2.45) is 10.9 Å². The summed E-state index contributed by atoms with van der Waals surface area (Å²) >= 11 is 0. The lowest BCUT2D eigenvalue weighted by Crippen LogP contribution is -2.54. The van der Waals surface area contributed by atoms with Gasteiger partial charge in [0.2, 0.25) is 15.9 Å². The molecule has 1 saturated carbocycles. The number of piperazine rings is 1. The highest BCUT2D eigenvalue weighted by Gasteiger charge is 2.27. The number of nitrogens with zero attached hydrogens (tertiary/aromatic N) is 4. The predicted octanol–water partition coefficient (Wildman–Crippen LogP) is -0.480. The molecule has 0 aromatic heterocycles. The average molecular weight is 429 g/mol. The highest BCUT2D eigenvalue weighted by molar-refractivity contribution is 7.88. The Morgan fingerprint density at radius 3 is 2.24 bits per heavy atom. The molecule has 2 N–H and O–H groups in total. The van der Waals surface area contributed by atoms with E-state index < -0.39 is 10.0 Å². The van der Waals surface area contributed by atoms with Gasteiger partial charge < -0.3 is 15.5 Å². The molecule has 0 atom stereocenters. The second-order valence-electron chi connectivity index (χ2n) is 8.41. The van der Waals surface area contributed by atoms with E-state index in [1.54, 1.807) is 4.31 Å². The molecule has 2 heterocycles. The van der Waals surface area contributed by atoms with Gasteiger partial charge in [0.15, 0.2) is 5.96 Å². The van der Waals surface area contributed by atoms with E-state index in [9.17, 15) is 13.2 Å². The monoisotopic (exact) mass is 428 g/mol. The molecule has 9 nitrogen and oxygen atoms in total. The number of sulfonamides is 1. The van der Waals surface area contributed by atoms with Crippen molar-refractivity contribution in [3.63, 3.8) is 0 Å². The third kappa shape index (κ3) is 7.11. The first-order valence-electron chi connectivity index (χ1n) is 10.8. The quantitative estimate of drug-likeness (QED) is 0.420. The van der Waals surface area contributed by atoms with Gasteiger partial charge in [-0.2, -0.15) is 0 Å². The van der Waals surface area contributed by atoms with Gasteiger partial charge in [-0.3, -0.25) is 14.7 Å². The van der Waals surface area contributed by atoms with Crippen LogP contribution in [0.25, 0.3) is 0 Å². The van der Waals surface area contributed by atoms with Crippen LogP contribution in [-0.4, -0.2) is 106 Å². The van der Waals surface area contributed by atoms with Gasteiger partial charge in [-0.1, -0.05) is 0 Å². The van der Waals surface area contributed by atoms with Gasteiger partial charge in [0.25, 0.3) is 0 Å². The Morgan fingerprint density at radius 1 is 1.03 bits per heavy atom. The average Bonchev–Trinajstić information content (AvgIpc) is 3.49. The van der Waals surface area contributed by atoms with E-state index in [0.717, 1.165) is 70.9 Å².